The number of rotatable bonds is 18. The molecule has 0 aliphatic heterocycles. The lowest BCUT2D eigenvalue weighted by atomic mass is 9.95. The van der Waals surface area contributed by atoms with Crippen molar-refractivity contribution in [1.29, 1.82) is 0 Å². The molecular weight excluding hydrogens is 653 g/mol. The summed E-state index contributed by atoms with van der Waals surface area (Å²) in [5, 5.41) is 5.36. The minimum atomic E-state index is 0.0149. The highest BCUT2D eigenvalue weighted by molar-refractivity contribution is 7.19. The van der Waals surface area contributed by atoms with E-state index >= 15 is 0 Å². The molecule has 8 rings (SSSR count). The molecule has 0 aliphatic rings. The second kappa shape index (κ2) is 14.6. The smallest absolute Gasteiger partial charge is 0.263 e. The summed E-state index contributed by atoms with van der Waals surface area (Å²) in [6.07, 6.45) is 23.3. The molecular formula is C44H50N2O2S2. The van der Waals surface area contributed by atoms with Crippen LogP contribution in [0.25, 0.3) is 63.8 Å². The average molecular weight is 703 g/mol. The minimum absolute atomic E-state index is 0.0149. The number of fused-ring (bicyclic) bond motifs is 8. The standard InChI is InChI=1S/C44H50N2O2S2/c1-3-5-7-9-11-12-13-14-16-18-20-30-26-38-40(50-30)28-36-32-22-23-33-41-31(21-24-34(42(32)41)44(48)46(36)38)35-27-39-37(45(35)43(33)47)25-29(49-39)19-17-15-10-8-6-4-2/h21-28H,3-20H2,1-2H3. The first kappa shape index (κ1) is 33.7. The van der Waals surface area contributed by atoms with Gasteiger partial charge in [0.05, 0.1) is 31.5 Å². The molecule has 0 saturated heterocycles. The predicted molar refractivity (Wildman–Crippen MR) is 219 cm³/mol. The van der Waals surface area contributed by atoms with E-state index in [0.29, 0.717) is 10.8 Å². The lowest BCUT2D eigenvalue weighted by Crippen LogP contribution is -2.16. The third-order valence-corrected chi connectivity index (χ3v) is 13.5. The number of nitrogens with zero attached hydrogens (tertiary/aromatic N) is 2. The number of benzene rings is 2. The van der Waals surface area contributed by atoms with Crippen LogP contribution in [-0.2, 0) is 12.8 Å². The Hall–Kier alpha value is -3.48. The molecule has 8 aromatic rings. The molecule has 260 valence electrons. The number of thiophene rings is 2. The fraction of sp³-hybridized carbons (Fsp3) is 0.455. The molecule has 0 atom stereocenters. The maximum absolute atomic E-state index is 14.3. The van der Waals surface area contributed by atoms with Crippen molar-refractivity contribution in [2.45, 2.75) is 129 Å². The zero-order chi connectivity index (χ0) is 34.2. The van der Waals surface area contributed by atoms with Crippen molar-refractivity contribution in [3.05, 3.63) is 79.0 Å². The number of hydrogen-bond donors (Lipinski definition) is 0. The third-order valence-electron chi connectivity index (χ3n) is 11.2. The number of pyridine rings is 2. The first-order valence-corrected chi connectivity index (χ1v) is 21.2. The maximum Gasteiger partial charge on any atom is 0.263 e. The van der Waals surface area contributed by atoms with Crippen LogP contribution in [0.4, 0.5) is 0 Å². The van der Waals surface area contributed by atoms with Gasteiger partial charge in [0.25, 0.3) is 11.1 Å². The monoisotopic (exact) mass is 702 g/mol. The molecule has 0 bridgehead atoms. The van der Waals surface area contributed by atoms with E-state index in [1.54, 1.807) is 0 Å². The molecule has 4 nitrogen and oxygen atoms in total. The van der Waals surface area contributed by atoms with Gasteiger partial charge in [-0.25, -0.2) is 0 Å². The second-order valence-electron chi connectivity index (χ2n) is 14.8. The summed E-state index contributed by atoms with van der Waals surface area (Å²) in [5.41, 5.74) is 3.98. The average Bonchev–Trinajstić information content (AvgIpc) is 3.88. The van der Waals surface area contributed by atoms with Crippen LogP contribution in [0, 0.1) is 0 Å². The fourth-order valence-electron chi connectivity index (χ4n) is 8.55. The minimum Gasteiger partial charge on any atom is -0.275 e. The number of aromatic nitrogens is 2. The van der Waals surface area contributed by atoms with Gasteiger partial charge in [0, 0.05) is 42.1 Å². The molecule has 0 radical (unpaired) electrons. The van der Waals surface area contributed by atoms with Crippen molar-refractivity contribution < 1.29 is 0 Å². The van der Waals surface area contributed by atoms with Gasteiger partial charge in [-0.15, -0.1) is 22.7 Å². The summed E-state index contributed by atoms with van der Waals surface area (Å²) in [6, 6.07) is 17.1. The molecule has 0 saturated carbocycles. The quantitative estimate of drug-likeness (QED) is 0.0660. The van der Waals surface area contributed by atoms with Crippen LogP contribution in [0.3, 0.4) is 0 Å². The Kier molecular flexibility index (Phi) is 9.85. The summed E-state index contributed by atoms with van der Waals surface area (Å²) >= 11 is 3.67. The van der Waals surface area contributed by atoms with Gasteiger partial charge >= 0.3 is 0 Å². The molecule has 0 aliphatic carbocycles. The second-order valence-corrected chi connectivity index (χ2v) is 17.1. The lowest BCUT2D eigenvalue weighted by Gasteiger charge is -2.13. The predicted octanol–water partition coefficient (Wildman–Crippen LogP) is 13.0. The van der Waals surface area contributed by atoms with Gasteiger partial charge in [-0.05, 0) is 62.1 Å². The van der Waals surface area contributed by atoms with Crippen molar-refractivity contribution >= 4 is 86.5 Å². The largest absolute Gasteiger partial charge is 0.275 e. The molecule has 6 heteroatoms. The van der Waals surface area contributed by atoms with Crippen LogP contribution in [0.1, 0.15) is 126 Å². The maximum atomic E-state index is 14.3. The zero-order valence-electron chi connectivity index (χ0n) is 29.9. The molecule has 0 N–H and O–H groups in total. The van der Waals surface area contributed by atoms with E-state index in [-0.39, 0.29) is 11.1 Å². The summed E-state index contributed by atoms with van der Waals surface area (Å²) in [7, 11) is 0. The van der Waals surface area contributed by atoms with Crippen LogP contribution < -0.4 is 11.1 Å². The first-order chi connectivity index (χ1) is 24.6. The Balaban J connectivity index is 1.07. The Morgan fingerprint density at radius 3 is 1.20 bits per heavy atom. The van der Waals surface area contributed by atoms with E-state index in [9.17, 15) is 9.59 Å². The van der Waals surface area contributed by atoms with Crippen molar-refractivity contribution in [1.82, 2.24) is 8.80 Å². The molecule has 50 heavy (non-hydrogen) atoms. The summed E-state index contributed by atoms with van der Waals surface area (Å²) in [6.45, 7) is 4.54. The van der Waals surface area contributed by atoms with Gasteiger partial charge in [0.15, 0.2) is 0 Å². The SMILES string of the molecule is CCCCCCCCCCCCc1cc2c(cc3c4ccc5c(=O)n6c7cc(CCCCCCCC)sc7cc6c6ccc(c(=O)n23)c4c56)s1. The third kappa shape index (κ3) is 6.00. The topological polar surface area (TPSA) is 43.0 Å². The van der Waals surface area contributed by atoms with Gasteiger partial charge in [0.1, 0.15) is 0 Å². The molecule has 0 fully saturated rings. The van der Waals surface area contributed by atoms with Gasteiger partial charge in [-0.1, -0.05) is 116 Å². The summed E-state index contributed by atoms with van der Waals surface area (Å²) in [4.78, 5) is 31.2. The van der Waals surface area contributed by atoms with E-state index in [1.165, 1.54) is 122 Å². The van der Waals surface area contributed by atoms with Crippen LogP contribution in [-0.4, -0.2) is 8.80 Å². The highest BCUT2D eigenvalue weighted by Gasteiger charge is 2.22. The fourth-order valence-corrected chi connectivity index (χ4v) is 10.8. The Labute approximate surface area is 302 Å². The number of unbranched alkanes of at least 4 members (excludes halogenated alkanes) is 14. The number of aryl methyl sites for hydroxylation is 2. The van der Waals surface area contributed by atoms with E-state index in [2.05, 4.69) is 50.2 Å². The van der Waals surface area contributed by atoms with Crippen molar-refractivity contribution in [2.75, 3.05) is 0 Å². The van der Waals surface area contributed by atoms with Crippen LogP contribution in [0.5, 0.6) is 0 Å². The van der Waals surface area contributed by atoms with Gasteiger partial charge in [0.2, 0.25) is 0 Å². The molecule has 0 spiro atoms. The Morgan fingerprint density at radius 2 is 0.800 bits per heavy atom. The van der Waals surface area contributed by atoms with Gasteiger partial charge in [-0.2, -0.15) is 0 Å². The van der Waals surface area contributed by atoms with Crippen LogP contribution in [0.15, 0.2) is 58.1 Å². The highest BCUT2D eigenvalue weighted by Crippen LogP contribution is 2.40. The molecule has 0 amide bonds. The van der Waals surface area contributed by atoms with Crippen molar-refractivity contribution in [2.24, 2.45) is 0 Å². The molecule has 0 unspecified atom stereocenters. The summed E-state index contributed by atoms with van der Waals surface area (Å²) < 4.78 is 6.21. The first-order valence-electron chi connectivity index (χ1n) is 19.6. The highest BCUT2D eigenvalue weighted by atomic mass is 32.1. The lowest BCUT2D eigenvalue weighted by molar-refractivity contribution is 0.557. The van der Waals surface area contributed by atoms with E-state index in [1.807, 2.05) is 43.6 Å². The normalized spacial score (nSPS) is 12.6. The van der Waals surface area contributed by atoms with Crippen LogP contribution >= 0.6 is 22.7 Å². The van der Waals surface area contributed by atoms with E-state index in [0.717, 1.165) is 56.5 Å². The number of hydrogen-bond acceptors (Lipinski definition) is 4. The van der Waals surface area contributed by atoms with Gasteiger partial charge < -0.3 is 0 Å². The van der Waals surface area contributed by atoms with E-state index in [4.69, 9.17) is 0 Å². The van der Waals surface area contributed by atoms with Crippen molar-refractivity contribution in [3.8, 4) is 0 Å². The zero-order valence-corrected chi connectivity index (χ0v) is 31.5. The Bertz CT molecular complexity index is 2530. The van der Waals surface area contributed by atoms with E-state index < -0.39 is 0 Å². The molecule has 6 heterocycles. The van der Waals surface area contributed by atoms with Crippen LogP contribution in [0.2, 0.25) is 0 Å². The summed E-state index contributed by atoms with van der Waals surface area (Å²) in [5.74, 6) is 0. The molecule has 6 aromatic heterocycles. The molecule has 2 aromatic carbocycles. The van der Waals surface area contributed by atoms with Gasteiger partial charge in [-0.3, -0.25) is 18.4 Å². The Morgan fingerprint density at radius 1 is 0.440 bits per heavy atom. The van der Waals surface area contributed by atoms with Crippen molar-refractivity contribution in [3.63, 3.8) is 0 Å².